The van der Waals surface area contributed by atoms with Crippen LogP contribution in [0.3, 0.4) is 0 Å². The van der Waals surface area contributed by atoms with Crippen LogP contribution >= 0.6 is 0 Å². The van der Waals surface area contributed by atoms with Crippen LogP contribution in [0.4, 0.5) is 17.5 Å². The molecule has 0 saturated carbocycles. The van der Waals surface area contributed by atoms with E-state index in [1.54, 1.807) is 7.11 Å². The van der Waals surface area contributed by atoms with Gasteiger partial charge in [0.05, 0.1) is 19.9 Å². The van der Waals surface area contributed by atoms with E-state index >= 15 is 0 Å². The van der Waals surface area contributed by atoms with Gasteiger partial charge in [0, 0.05) is 69.4 Å². The zero-order valence-electron chi connectivity index (χ0n) is 34.6. The number of hydrogen-bond acceptors (Lipinski definition) is 9. The molecule has 0 spiro atoms. The zero-order valence-corrected chi connectivity index (χ0v) is 34.6. The van der Waals surface area contributed by atoms with Crippen LogP contribution in [0.25, 0.3) is 11.0 Å². The van der Waals surface area contributed by atoms with Crippen LogP contribution in [-0.2, 0) is 16.1 Å². The van der Waals surface area contributed by atoms with Gasteiger partial charge in [-0.15, -0.1) is 0 Å². The minimum atomic E-state index is 0.127. The van der Waals surface area contributed by atoms with Gasteiger partial charge in [0.1, 0.15) is 11.3 Å². The molecule has 2 amide bonds. The average Bonchev–Trinajstić information content (AvgIpc) is 3.61. The Bertz CT molecular complexity index is 1660. The molecule has 0 aliphatic carbocycles. The molecule has 4 N–H and O–H groups in total. The molecule has 0 bridgehead atoms. The number of carbonyl (C=O) groups excluding carboxylic acids is 2. The van der Waals surface area contributed by atoms with E-state index in [1.165, 1.54) is 44.9 Å². The van der Waals surface area contributed by atoms with Gasteiger partial charge in [0.25, 0.3) is 0 Å². The summed E-state index contributed by atoms with van der Waals surface area (Å²) in [5, 5.41) is 11.1. The smallest absolute Gasteiger partial charge is 0.222 e. The molecule has 3 heterocycles. The first-order valence-electron chi connectivity index (χ1n) is 21.4. The van der Waals surface area contributed by atoms with E-state index in [-0.39, 0.29) is 17.8 Å². The number of unbranched alkanes of at least 4 members (excludes halogenated alkanes) is 10. The average molecular weight is 772 g/mol. The number of piperazine rings is 1. The number of ether oxygens (including phenoxy) is 1. The summed E-state index contributed by atoms with van der Waals surface area (Å²) in [5.41, 5.74) is 9.44. The Morgan fingerprint density at radius 3 is 2.29 bits per heavy atom. The van der Waals surface area contributed by atoms with E-state index in [1.807, 2.05) is 15.8 Å². The summed E-state index contributed by atoms with van der Waals surface area (Å²) >= 11 is 0. The summed E-state index contributed by atoms with van der Waals surface area (Å²) in [5.74, 6) is 1.98. The number of amides is 2. The highest BCUT2D eigenvalue weighted by molar-refractivity contribution is 5.85. The number of nitrogens with zero attached hydrogens (tertiary/aromatic N) is 6. The van der Waals surface area contributed by atoms with Crippen LogP contribution in [0, 0.1) is 0 Å². The predicted octanol–water partition coefficient (Wildman–Crippen LogP) is 8.43. The number of carbonyl (C=O) groups is 2. The van der Waals surface area contributed by atoms with Crippen molar-refractivity contribution in [1.29, 1.82) is 0 Å². The van der Waals surface area contributed by atoms with Crippen molar-refractivity contribution in [2.24, 2.45) is 0 Å². The van der Waals surface area contributed by atoms with Crippen molar-refractivity contribution >= 4 is 40.3 Å². The van der Waals surface area contributed by atoms with E-state index in [4.69, 9.17) is 15.6 Å². The van der Waals surface area contributed by atoms with Gasteiger partial charge in [-0.3, -0.25) is 14.3 Å². The quantitative estimate of drug-likeness (QED) is 0.0514. The van der Waals surface area contributed by atoms with Gasteiger partial charge >= 0.3 is 0 Å². The van der Waals surface area contributed by atoms with E-state index < -0.39 is 0 Å². The van der Waals surface area contributed by atoms with Crippen molar-refractivity contribution in [3.63, 3.8) is 0 Å². The number of methoxy groups -OCH3 is 1. The third kappa shape index (κ3) is 15.5. The van der Waals surface area contributed by atoms with Gasteiger partial charge in [0.15, 0.2) is 11.3 Å². The third-order valence-corrected chi connectivity index (χ3v) is 10.3. The molecule has 4 rings (SSSR count). The van der Waals surface area contributed by atoms with E-state index in [0.717, 1.165) is 88.0 Å². The molecule has 12 nitrogen and oxygen atoms in total. The first-order valence-corrected chi connectivity index (χ1v) is 21.4. The first-order chi connectivity index (χ1) is 27.4. The van der Waals surface area contributed by atoms with Crippen molar-refractivity contribution in [2.75, 3.05) is 62.3 Å². The van der Waals surface area contributed by atoms with Crippen LogP contribution < -0.4 is 26.0 Å². The molecule has 56 heavy (non-hydrogen) atoms. The fourth-order valence-electron chi connectivity index (χ4n) is 6.99. The molecule has 308 valence electrons. The van der Waals surface area contributed by atoms with Gasteiger partial charge in [-0.1, -0.05) is 82.7 Å². The summed E-state index contributed by atoms with van der Waals surface area (Å²) < 4.78 is 7.65. The van der Waals surface area contributed by atoms with Gasteiger partial charge < -0.3 is 30.9 Å². The molecule has 1 saturated heterocycles. The predicted molar refractivity (Wildman–Crippen MR) is 230 cm³/mol. The Labute approximate surface area is 335 Å². The maximum Gasteiger partial charge on any atom is 0.222 e. The van der Waals surface area contributed by atoms with Crippen LogP contribution in [0.5, 0.6) is 5.75 Å². The third-order valence-electron chi connectivity index (χ3n) is 10.3. The van der Waals surface area contributed by atoms with Crippen LogP contribution in [0.1, 0.15) is 129 Å². The van der Waals surface area contributed by atoms with Gasteiger partial charge in [-0.05, 0) is 63.9 Å². The topological polar surface area (TPSA) is 144 Å². The second-order valence-electron chi connectivity index (χ2n) is 14.9. The Hall–Kier alpha value is -4.61. The number of anilines is 3. The highest BCUT2D eigenvalue weighted by Gasteiger charge is 2.22. The molecule has 1 aliphatic rings. The van der Waals surface area contributed by atoms with E-state index in [0.29, 0.717) is 55.9 Å². The largest absolute Gasteiger partial charge is 0.496 e. The number of aromatic nitrogens is 4. The van der Waals surface area contributed by atoms with Crippen molar-refractivity contribution < 1.29 is 14.3 Å². The molecule has 1 fully saturated rings. The van der Waals surface area contributed by atoms with Gasteiger partial charge in [0.2, 0.25) is 17.8 Å². The maximum absolute atomic E-state index is 13.0. The van der Waals surface area contributed by atoms with Crippen molar-refractivity contribution in [3.8, 4) is 5.75 Å². The SMILES string of the molecule is CCCCC/C=C\C/C=C\CCCCCCCC(=O)NCCCCC(=O)N1CCN(c2ccc(Cn3cc4nc(N)nc(NCCCC)c4n3)c(OC)c2)CC1. The van der Waals surface area contributed by atoms with Gasteiger partial charge in [-0.2, -0.15) is 10.1 Å². The normalized spacial score (nSPS) is 13.3. The second-order valence-corrected chi connectivity index (χ2v) is 14.9. The monoisotopic (exact) mass is 772 g/mol. The van der Waals surface area contributed by atoms with Crippen molar-refractivity contribution in [1.82, 2.24) is 30.0 Å². The number of benzene rings is 1. The summed E-state index contributed by atoms with van der Waals surface area (Å²) in [6, 6.07) is 6.25. The maximum atomic E-state index is 13.0. The first kappa shape index (κ1) is 44.1. The lowest BCUT2D eigenvalue weighted by Crippen LogP contribution is -2.48. The Balaban J connectivity index is 1.06. The lowest BCUT2D eigenvalue weighted by Gasteiger charge is -2.36. The summed E-state index contributed by atoms with van der Waals surface area (Å²) in [7, 11) is 1.69. The Kier molecular flexibility index (Phi) is 20.1. The number of nitrogens with two attached hydrogens (primary N) is 1. The fourth-order valence-corrected chi connectivity index (χ4v) is 6.99. The summed E-state index contributed by atoms with van der Waals surface area (Å²) in [4.78, 5) is 38.3. The highest BCUT2D eigenvalue weighted by atomic mass is 16.5. The number of rotatable bonds is 27. The minimum absolute atomic E-state index is 0.127. The molecule has 0 atom stereocenters. The minimum Gasteiger partial charge on any atom is -0.496 e. The zero-order chi connectivity index (χ0) is 39.8. The van der Waals surface area contributed by atoms with Crippen LogP contribution in [0.2, 0.25) is 0 Å². The number of hydrogen-bond donors (Lipinski definition) is 3. The molecular formula is C44H69N9O3. The highest BCUT2D eigenvalue weighted by Crippen LogP contribution is 2.28. The molecule has 1 aliphatic heterocycles. The van der Waals surface area contributed by atoms with Crippen LogP contribution in [-0.4, -0.2) is 82.8 Å². The molecule has 2 aromatic heterocycles. The number of nitrogens with one attached hydrogen (secondary N) is 2. The van der Waals surface area contributed by atoms with E-state index in [9.17, 15) is 9.59 Å². The summed E-state index contributed by atoms with van der Waals surface area (Å²) in [6.45, 7) is 9.22. The molecule has 0 radical (unpaired) electrons. The molecule has 3 aromatic rings. The molecule has 0 unspecified atom stereocenters. The second kappa shape index (κ2) is 25.5. The molecular weight excluding hydrogens is 703 g/mol. The van der Waals surface area contributed by atoms with Crippen LogP contribution in [0.15, 0.2) is 48.7 Å². The van der Waals surface area contributed by atoms with E-state index in [2.05, 4.69) is 81.9 Å². The number of allylic oxidation sites excluding steroid dienone is 4. The number of fused-ring (bicyclic) bond motifs is 1. The standard InChI is InChI=1S/C44H69N9O3/c1-4-6-8-9-10-11-12-13-14-15-16-17-18-19-20-23-40(54)46-28-22-21-24-41(55)52-31-29-51(30-32-52)37-26-25-36(39(33-37)56-3)34-53-35-38-42(50-53)43(47-27-7-5-2)49-44(45)48-38/h10-11,13-14,25-26,33,35H,4-9,12,15-24,27-32,34H2,1-3H3,(H,46,54)(H3,45,47,48,49)/b11-10-,14-13-. The van der Waals surface area contributed by atoms with Crippen molar-refractivity contribution in [3.05, 3.63) is 54.3 Å². The Morgan fingerprint density at radius 1 is 0.821 bits per heavy atom. The lowest BCUT2D eigenvalue weighted by atomic mass is 10.1. The van der Waals surface area contributed by atoms with Crippen molar-refractivity contribution in [2.45, 2.75) is 130 Å². The lowest BCUT2D eigenvalue weighted by molar-refractivity contribution is -0.131. The molecule has 12 heteroatoms. The Morgan fingerprint density at radius 2 is 1.54 bits per heavy atom. The fraction of sp³-hybridized carbons (Fsp3) is 0.614. The molecule has 1 aromatic carbocycles. The summed E-state index contributed by atoms with van der Waals surface area (Å²) in [6.07, 6.45) is 28.9. The van der Waals surface area contributed by atoms with Gasteiger partial charge in [-0.25, -0.2) is 4.98 Å². The number of nitrogen functional groups attached to an aromatic ring is 1.